The first-order valence-electron chi connectivity index (χ1n) is 13.6. The molecule has 2 aliphatic heterocycles. The van der Waals surface area contributed by atoms with Gasteiger partial charge in [0.1, 0.15) is 18.2 Å². The van der Waals surface area contributed by atoms with Crippen LogP contribution in [0.15, 0.2) is 54.4 Å². The van der Waals surface area contributed by atoms with Crippen molar-refractivity contribution in [1.82, 2.24) is 24.6 Å². The van der Waals surface area contributed by atoms with Crippen LogP contribution in [-0.2, 0) is 14.3 Å². The Morgan fingerprint density at radius 3 is 2.76 bits per heavy atom. The molecule has 3 heterocycles. The maximum absolute atomic E-state index is 13.7. The monoisotopic (exact) mass is 581 g/mol. The molecule has 3 atom stereocenters. The SMILES string of the molecule is Cc1nncn1C1=C(/C=C/C(=O)N2C[C@@H](N3CCOCC3)C[C@H]2C(=O)Nc2ccc(N)c(NN)c2)CC(C)(Cl)C=C1. The molecule has 5 rings (SSSR count). The maximum Gasteiger partial charge on any atom is 0.247 e. The van der Waals surface area contributed by atoms with E-state index >= 15 is 0 Å². The van der Waals surface area contributed by atoms with Crippen molar-refractivity contribution in [3.8, 4) is 0 Å². The lowest BCUT2D eigenvalue weighted by atomic mass is 9.92. The number of halogens is 1. The second-order valence-corrected chi connectivity index (χ2v) is 11.6. The summed E-state index contributed by atoms with van der Waals surface area (Å²) in [6.07, 6.45) is 9.83. The van der Waals surface area contributed by atoms with Gasteiger partial charge in [-0.25, -0.2) is 0 Å². The van der Waals surface area contributed by atoms with E-state index in [0.29, 0.717) is 49.7 Å². The molecule has 0 saturated carbocycles. The molecule has 2 fully saturated rings. The molecule has 1 aromatic heterocycles. The van der Waals surface area contributed by atoms with Crippen LogP contribution in [0, 0.1) is 6.92 Å². The zero-order valence-electron chi connectivity index (χ0n) is 23.2. The number of carbonyl (C=O) groups is 2. The van der Waals surface area contributed by atoms with Gasteiger partial charge in [0, 0.05) is 37.4 Å². The van der Waals surface area contributed by atoms with Gasteiger partial charge >= 0.3 is 0 Å². The van der Waals surface area contributed by atoms with Crippen molar-refractivity contribution in [2.24, 2.45) is 5.84 Å². The summed E-state index contributed by atoms with van der Waals surface area (Å²) in [5, 5.41) is 11.0. The van der Waals surface area contributed by atoms with Gasteiger partial charge in [-0.1, -0.05) is 12.2 Å². The Kier molecular flexibility index (Phi) is 8.45. The van der Waals surface area contributed by atoms with Gasteiger partial charge in [-0.2, -0.15) is 0 Å². The van der Waals surface area contributed by atoms with Crippen molar-refractivity contribution in [2.45, 2.75) is 43.6 Å². The summed E-state index contributed by atoms with van der Waals surface area (Å²) >= 11 is 6.67. The number of rotatable bonds is 7. The fraction of sp³-hybridized carbons (Fsp3) is 0.429. The highest BCUT2D eigenvalue weighted by Crippen LogP contribution is 2.35. The minimum atomic E-state index is -0.662. The highest BCUT2D eigenvalue weighted by atomic mass is 35.5. The highest BCUT2D eigenvalue weighted by Gasteiger charge is 2.41. The van der Waals surface area contributed by atoms with E-state index in [9.17, 15) is 9.59 Å². The number of hydrazine groups is 1. The fourth-order valence-electron chi connectivity index (χ4n) is 5.56. The third-order valence-electron chi connectivity index (χ3n) is 7.76. The van der Waals surface area contributed by atoms with Crippen molar-refractivity contribution in [1.29, 1.82) is 0 Å². The number of anilines is 3. The van der Waals surface area contributed by atoms with Crippen LogP contribution in [0.5, 0.6) is 0 Å². The largest absolute Gasteiger partial charge is 0.397 e. The highest BCUT2D eigenvalue weighted by molar-refractivity contribution is 6.25. The number of nitrogens with one attached hydrogen (secondary N) is 2. The number of nitrogen functional groups attached to an aromatic ring is 2. The number of alkyl halides is 1. The Morgan fingerprint density at radius 2 is 2.05 bits per heavy atom. The van der Waals surface area contributed by atoms with E-state index in [1.165, 1.54) is 6.08 Å². The lowest BCUT2D eigenvalue weighted by Crippen LogP contribution is -2.45. The standard InChI is InChI=1S/C28H36ClN9O3/c1-18-35-32-17-38(18)24-7-8-28(2,29)15-19(24)3-6-26(39)37-16-21(36-9-11-41-12-10-36)14-25(37)27(40)33-20-4-5-22(30)23(13-20)34-31/h3-8,13,17,21,25,34H,9-12,14-16,30-31H2,1-2H3,(H,33,40)/b6-3+/t21-,25-,28?/m0/s1. The Bertz CT molecular complexity index is 1390. The molecule has 41 heavy (non-hydrogen) atoms. The van der Waals surface area contributed by atoms with Crippen molar-refractivity contribution >= 4 is 46.2 Å². The summed E-state index contributed by atoms with van der Waals surface area (Å²) in [5.41, 5.74) is 11.7. The molecule has 6 N–H and O–H groups in total. The molecular formula is C28H36ClN9O3. The van der Waals surface area contributed by atoms with Gasteiger partial charge < -0.3 is 26.1 Å². The average molecular weight is 582 g/mol. The predicted molar refractivity (Wildman–Crippen MR) is 159 cm³/mol. The van der Waals surface area contributed by atoms with Crippen LogP contribution >= 0.6 is 11.6 Å². The van der Waals surface area contributed by atoms with Gasteiger partial charge in [-0.15, -0.1) is 21.8 Å². The fourth-order valence-corrected chi connectivity index (χ4v) is 5.76. The van der Waals surface area contributed by atoms with Crippen LogP contribution in [-0.4, -0.2) is 86.2 Å². The number of hydrogen-bond donors (Lipinski definition) is 4. The third-order valence-corrected chi connectivity index (χ3v) is 8.02. The first-order valence-corrected chi connectivity index (χ1v) is 14.0. The molecule has 1 aromatic carbocycles. The summed E-state index contributed by atoms with van der Waals surface area (Å²) in [5.74, 6) is 5.75. The summed E-state index contributed by atoms with van der Waals surface area (Å²) in [6.45, 7) is 7.00. The predicted octanol–water partition coefficient (Wildman–Crippen LogP) is 2.12. The number of aryl methyl sites for hydroxylation is 1. The van der Waals surface area contributed by atoms with Gasteiger partial charge in [0.2, 0.25) is 11.8 Å². The van der Waals surface area contributed by atoms with Gasteiger partial charge in [0.25, 0.3) is 0 Å². The van der Waals surface area contributed by atoms with Gasteiger partial charge in [-0.3, -0.25) is 24.9 Å². The second-order valence-electron chi connectivity index (χ2n) is 10.8. The van der Waals surface area contributed by atoms with Crippen LogP contribution in [0.3, 0.4) is 0 Å². The first-order chi connectivity index (χ1) is 19.6. The van der Waals surface area contributed by atoms with E-state index < -0.39 is 10.9 Å². The quantitative estimate of drug-likeness (QED) is 0.126. The molecule has 0 bridgehead atoms. The number of likely N-dealkylation sites (tertiary alicyclic amines) is 1. The first kappa shape index (κ1) is 28.8. The molecule has 1 unspecified atom stereocenters. The van der Waals surface area contributed by atoms with E-state index in [4.69, 9.17) is 27.9 Å². The Balaban J connectivity index is 1.40. The summed E-state index contributed by atoms with van der Waals surface area (Å²) in [4.78, 5) is 30.6. The zero-order chi connectivity index (χ0) is 29.1. The lowest BCUT2D eigenvalue weighted by molar-refractivity contribution is -0.132. The van der Waals surface area contributed by atoms with E-state index in [-0.39, 0.29) is 17.9 Å². The number of carbonyl (C=O) groups excluding carboxylic acids is 2. The van der Waals surface area contributed by atoms with Crippen molar-refractivity contribution in [3.05, 3.63) is 60.2 Å². The Labute approximate surface area is 244 Å². The summed E-state index contributed by atoms with van der Waals surface area (Å²) < 4.78 is 7.38. The Hall–Kier alpha value is -3.71. The maximum atomic E-state index is 13.7. The topological polar surface area (TPSA) is 157 Å². The summed E-state index contributed by atoms with van der Waals surface area (Å²) in [6, 6.07) is 4.40. The second kappa shape index (κ2) is 12.0. The molecule has 0 radical (unpaired) electrons. The van der Waals surface area contributed by atoms with E-state index in [1.54, 1.807) is 35.5 Å². The summed E-state index contributed by atoms with van der Waals surface area (Å²) in [7, 11) is 0. The molecule has 2 amide bonds. The van der Waals surface area contributed by atoms with Crippen molar-refractivity contribution < 1.29 is 14.3 Å². The number of nitrogens with zero attached hydrogens (tertiary/aromatic N) is 5. The minimum absolute atomic E-state index is 0.0397. The van der Waals surface area contributed by atoms with E-state index in [0.717, 1.165) is 30.2 Å². The number of hydrogen-bond acceptors (Lipinski definition) is 9. The zero-order valence-corrected chi connectivity index (χ0v) is 24.0. The molecule has 218 valence electrons. The molecule has 1 aliphatic carbocycles. The number of amides is 2. The van der Waals surface area contributed by atoms with Crippen LogP contribution in [0.1, 0.15) is 25.6 Å². The molecule has 0 spiro atoms. The third kappa shape index (κ3) is 6.46. The normalized spacial score (nSPS) is 25.2. The molecular weight excluding hydrogens is 546 g/mol. The molecule has 3 aliphatic rings. The van der Waals surface area contributed by atoms with Crippen LogP contribution < -0.4 is 22.3 Å². The number of aromatic nitrogens is 3. The number of morpholine rings is 1. The van der Waals surface area contributed by atoms with Gasteiger partial charge in [0.05, 0.1) is 35.2 Å². The molecule has 2 aromatic rings. The number of nitrogens with two attached hydrogens (primary N) is 2. The van der Waals surface area contributed by atoms with Gasteiger partial charge in [0.15, 0.2) is 0 Å². The Morgan fingerprint density at radius 1 is 1.27 bits per heavy atom. The minimum Gasteiger partial charge on any atom is -0.397 e. The molecule has 12 nitrogen and oxygen atoms in total. The number of ether oxygens (including phenoxy) is 1. The van der Waals surface area contributed by atoms with Gasteiger partial charge in [-0.05, 0) is 56.5 Å². The number of allylic oxidation sites excluding steroid dienone is 5. The van der Waals surface area contributed by atoms with E-state index in [2.05, 4.69) is 25.8 Å². The van der Waals surface area contributed by atoms with Crippen LogP contribution in [0.25, 0.3) is 5.70 Å². The number of benzene rings is 1. The smallest absolute Gasteiger partial charge is 0.247 e. The lowest BCUT2D eigenvalue weighted by Gasteiger charge is -2.31. The van der Waals surface area contributed by atoms with E-state index in [1.807, 2.05) is 30.6 Å². The van der Waals surface area contributed by atoms with Crippen LogP contribution in [0.4, 0.5) is 17.1 Å². The molecule has 2 saturated heterocycles. The molecule has 13 heteroatoms. The van der Waals surface area contributed by atoms with Crippen LogP contribution in [0.2, 0.25) is 0 Å². The van der Waals surface area contributed by atoms with Crippen molar-refractivity contribution in [2.75, 3.05) is 49.3 Å². The average Bonchev–Trinajstić information content (AvgIpc) is 3.60. The van der Waals surface area contributed by atoms with Crippen molar-refractivity contribution in [3.63, 3.8) is 0 Å².